The van der Waals surface area contributed by atoms with Crippen molar-refractivity contribution in [2.75, 3.05) is 6.54 Å². The second-order valence-electron chi connectivity index (χ2n) is 3.72. The zero-order valence-corrected chi connectivity index (χ0v) is 9.67. The summed E-state index contributed by atoms with van der Waals surface area (Å²) >= 11 is 1.13. The van der Waals surface area contributed by atoms with Crippen LogP contribution in [-0.4, -0.2) is 32.7 Å². The largest absolute Gasteiger partial charge is 0.388 e. The first-order valence-corrected chi connectivity index (χ1v) is 5.66. The van der Waals surface area contributed by atoms with Gasteiger partial charge in [-0.05, 0) is 24.9 Å². The molecule has 0 aromatic carbocycles. The molecule has 0 radical (unpaired) electrons. The molecule has 1 atom stereocenters. The molecule has 0 aliphatic heterocycles. The Labute approximate surface area is 92.7 Å². The van der Waals surface area contributed by atoms with Crippen LogP contribution in [0.3, 0.4) is 0 Å². The van der Waals surface area contributed by atoms with Crippen LogP contribution in [0.25, 0.3) is 0 Å². The number of carbonyl (C=O) groups is 1. The number of aliphatic hydroxyl groups is 1. The molecule has 0 aliphatic rings. The molecule has 0 saturated carbocycles. The van der Waals surface area contributed by atoms with Crippen LogP contribution < -0.4 is 5.32 Å². The fourth-order valence-electron chi connectivity index (χ4n) is 1.25. The van der Waals surface area contributed by atoms with Crippen molar-refractivity contribution in [3.63, 3.8) is 0 Å². The molecule has 6 heteroatoms. The lowest BCUT2D eigenvalue weighted by atomic mass is 10.0. The normalized spacial score (nSPS) is 14.6. The second-order valence-corrected chi connectivity index (χ2v) is 4.33. The summed E-state index contributed by atoms with van der Waals surface area (Å²) in [5.74, 6) is -0.292. The van der Waals surface area contributed by atoms with E-state index >= 15 is 0 Å². The van der Waals surface area contributed by atoms with E-state index in [4.69, 9.17) is 0 Å². The van der Waals surface area contributed by atoms with Gasteiger partial charge in [-0.15, -0.1) is 5.10 Å². The number of amides is 1. The van der Waals surface area contributed by atoms with Crippen LogP contribution in [0.1, 0.15) is 37.2 Å². The molecule has 0 spiro atoms. The predicted octanol–water partition coefficient (Wildman–Crippen LogP) is 0.819. The van der Waals surface area contributed by atoms with E-state index < -0.39 is 5.60 Å². The van der Waals surface area contributed by atoms with Crippen LogP contribution in [0.15, 0.2) is 5.38 Å². The smallest absolute Gasteiger partial charge is 0.272 e. The van der Waals surface area contributed by atoms with Gasteiger partial charge in [0.15, 0.2) is 5.69 Å². The van der Waals surface area contributed by atoms with E-state index in [0.29, 0.717) is 12.1 Å². The molecule has 1 rings (SSSR count). The fourth-order valence-corrected chi connectivity index (χ4v) is 1.69. The van der Waals surface area contributed by atoms with Crippen LogP contribution in [0.4, 0.5) is 0 Å². The van der Waals surface area contributed by atoms with Crippen LogP contribution in [-0.2, 0) is 0 Å². The Morgan fingerprint density at radius 1 is 1.73 bits per heavy atom. The lowest BCUT2D eigenvalue weighted by molar-refractivity contribution is 0.0468. The maximum atomic E-state index is 11.4. The Bertz CT molecular complexity index is 311. The minimum atomic E-state index is -0.853. The predicted molar refractivity (Wildman–Crippen MR) is 57.8 cm³/mol. The van der Waals surface area contributed by atoms with Crippen LogP contribution >= 0.6 is 11.5 Å². The summed E-state index contributed by atoms with van der Waals surface area (Å²) in [4.78, 5) is 11.4. The van der Waals surface area contributed by atoms with Gasteiger partial charge in [0.1, 0.15) is 0 Å². The maximum absolute atomic E-state index is 11.4. The standard InChI is InChI=1S/C9H15N3O2S/c1-3-4-9(2,14)6-10-8(13)7-5-15-12-11-7/h5,14H,3-4,6H2,1-2H3,(H,10,13). The molecule has 1 aromatic heterocycles. The number of rotatable bonds is 5. The van der Waals surface area contributed by atoms with Crippen molar-refractivity contribution in [1.82, 2.24) is 14.9 Å². The van der Waals surface area contributed by atoms with Gasteiger partial charge in [-0.2, -0.15) is 0 Å². The van der Waals surface area contributed by atoms with Crippen molar-refractivity contribution in [2.45, 2.75) is 32.3 Å². The van der Waals surface area contributed by atoms with Gasteiger partial charge in [-0.1, -0.05) is 17.8 Å². The van der Waals surface area contributed by atoms with Gasteiger partial charge in [0.25, 0.3) is 5.91 Å². The van der Waals surface area contributed by atoms with E-state index in [1.807, 2.05) is 6.92 Å². The van der Waals surface area contributed by atoms with Crippen molar-refractivity contribution in [3.8, 4) is 0 Å². The minimum absolute atomic E-state index is 0.233. The van der Waals surface area contributed by atoms with Gasteiger partial charge in [-0.3, -0.25) is 4.79 Å². The third kappa shape index (κ3) is 3.93. The van der Waals surface area contributed by atoms with Gasteiger partial charge in [0.2, 0.25) is 0 Å². The highest BCUT2D eigenvalue weighted by atomic mass is 32.1. The number of hydrogen-bond acceptors (Lipinski definition) is 5. The van der Waals surface area contributed by atoms with E-state index in [2.05, 4.69) is 14.9 Å². The summed E-state index contributed by atoms with van der Waals surface area (Å²) in [5.41, 5.74) is -0.555. The molecule has 5 nitrogen and oxygen atoms in total. The van der Waals surface area contributed by atoms with Crippen molar-refractivity contribution in [2.24, 2.45) is 0 Å². The van der Waals surface area contributed by atoms with E-state index in [9.17, 15) is 9.90 Å². The van der Waals surface area contributed by atoms with Crippen molar-refractivity contribution in [3.05, 3.63) is 11.1 Å². The van der Waals surface area contributed by atoms with Gasteiger partial charge >= 0.3 is 0 Å². The zero-order valence-electron chi connectivity index (χ0n) is 8.86. The van der Waals surface area contributed by atoms with E-state index in [1.165, 1.54) is 0 Å². The molecule has 1 amide bonds. The average molecular weight is 229 g/mol. The van der Waals surface area contributed by atoms with Crippen LogP contribution in [0, 0.1) is 0 Å². The first-order valence-electron chi connectivity index (χ1n) is 4.83. The monoisotopic (exact) mass is 229 g/mol. The summed E-state index contributed by atoms with van der Waals surface area (Å²) in [5, 5.41) is 17.6. The molecule has 0 saturated heterocycles. The summed E-state index contributed by atoms with van der Waals surface area (Å²) in [7, 11) is 0. The molecule has 2 N–H and O–H groups in total. The lowest BCUT2D eigenvalue weighted by Gasteiger charge is -2.22. The first kappa shape index (κ1) is 12.1. The number of aromatic nitrogens is 2. The van der Waals surface area contributed by atoms with Crippen molar-refractivity contribution < 1.29 is 9.90 Å². The second kappa shape index (κ2) is 5.18. The molecule has 84 valence electrons. The molecule has 1 aromatic rings. The fraction of sp³-hybridized carbons (Fsp3) is 0.667. The van der Waals surface area contributed by atoms with E-state index in [0.717, 1.165) is 18.0 Å². The molecular formula is C9H15N3O2S. The number of carbonyl (C=O) groups excluding carboxylic acids is 1. The SMILES string of the molecule is CCCC(C)(O)CNC(=O)c1csnn1. The third-order valence-electron chi connectivity index (χ3n) is 2.01. The van der Waals surface area contributed by atoms with Gasteiger partial charge in [-0.25, -0.2) is 0 Å². The lowest BCUT2D eigenvalue weighted by Crippen LogP contribution is -2.40. The zero-order chi connectivity index (χ0) is 11.3. The quantitative estimate of drug-likeness (QED) is 0.783. The molecule has 0 bridgehead atoms. The van der Waals surface area contributed by atoms with Gasteiger partial charge < -0.3 is 10.4 Å². The maximum Gasteiger partial charge on any atom is 0.272 e. The third-order valence-corrected chi connectivity index (χ3v) is 2.52. The average Bonchev–Trinajstić information content (AvgIpc) is 2.67. The summed E-state index contributed by atoms with van der Waals surface area (Å²) in [6.07, 6.45) is 1.53. The van der Waals surface area contributed by atoms with Crippen LogP contribution in [0.5, 0.6) is 0 Å². The van der Waals surface area contributed by atoms with Crippen LogP contribution in [0.2, 0.25) is 0 Å². The Morgan fingerprint density at radius 2 is 2.47 bits per heavy atom. The minimum Gasteiger partial charge on any atom is -0.388 e. The highest BCUT2D eigenvalue weighted by molar-refractivity contribution is 7.03. The number of hydrogen-bond donors (Lipinski definition) is 2. The van der Waals surface area contributed by atoms with E-state index in [-0.39, 0.29) is 12.5 Å². The first-order chi connectivity index (χ1) is 7.05. The highest BCUT2D eigenvalue weighted by Gasteiger charge is 2.20. The highest BCUT2D eigenvalue weighted by Crippen LogP contribution is 2.10. The van der Waals surface area contributed by atoms with Crippen molar-refractivity contribution >= 4 is 17.4 Å². The Balaban J connectivity index is 2.40. The summed E-state index contributed by atoms with van der Waals surface area (Å²) < 4.78 is 3.59. The number of nitrogens with one attached hydrogen (secondary N) is 1. The molecule has 15 heavy (non-hydrogen) atoms. The van der Waals surface area contributed by atoms with Crippen molar-refractivity contribution in [1.29, 1.82) is 0 Å². The molecule has 0 aliphatic carbocycles. The van der Waals surface area contributed by atoms with E-state index in [1.54, 1.807) is 12.3 Å². The van der Waals surface area contributed by atoms with Gasteiger partial charge in [0, 0.05) is 11.9 Å². The summed E-state index contributed by atoms with van der Waals surface area (Å²) in [6, 6.07) is 0. The Morgan fingerprint density at radius 3 is 3.00 bits per heavy atom. The Kier molecular flexibility index (Phi) is 4.16. The topological polar surface area (TPSA) is 75.1 Å². The Hall–Kier alpha value is -1.01. The summed E-state index contributed by atoms with van der Waals surface area (Å²) in [6.45, 7) is 3.92. The molecule has 1 heterocycles. The molecule has 0 fully saturated rings. The van der Waals surface area contributed by atoms with Gasteiger partial charge in [0.05, 0.1) is 5.60 Å². The molecule has 1 unspecified atom stereocenters. The molecular weight excluding hydrogens is 214 g/mol. The number of nitrogens with zero attached hydrogens (tertiary/aromatic N) is 2.